The summed E-state index contributed by atoms with van der Waals surface area (Å²) in [6, 6.07) is 8.32. The minimum Gasteiger partial charge on any atom is -0.366 e. The minimum absolute atomic E-state index is 0.0202. The average Bonchev–Trinajstić information content (AvgIpc) is 3.41. The second kappa shape index (κ2) is 11.7. The number of amides is 1. The average molecular weight is 623 g/mol. The van der Waals surface area contributed by atoms with Crippen LogP contribution in [0.4, 0.5) is 13.2 Å². The molecule has 0 radical (unpaired) electrons. The smallest absolute Gasteiger partial charge is 0.366 e. The topological polar surface area (TPSA) is 101 Å². The molecule has 1 aromatic carbocycles. The number of halogens is 3. The molecule has 1 saturated heterocycles. The number of carbonyl (C=O) groups excluding carboxylic acids is 1. The predicted molar refractivity (Wildman–Crippen MR) is 152 cm³/mol. The largest absolute Gasteiger partial charge is 0.451 e. The number of hydrogen-bond acceptors (Lipinski definition) is 8. The van der Waals surface area contributed by atoms with Crippen molar-refractivity contribution >= 4 is 27.1 Å². The number of fused-ring (bicyclic) bond motifs is 2. The Bertz CT molecular complexity index is 1530. The van der Waals surface area contributed by atoms with Gasteiger partial charge in [-0.3, -0.25) is 9.69 Å². The number of aromatic nitrogens is 2. The summed E-state index contributed by atoms with van der Waals surface area (Å²) < 4.78 is 69.3. The number of rotatable bonds is 7. The molecule has 2 aliphatic heterocycles. The lowest BCUT2D eigenvalue weighted by atomic mass is 9.83. The molecule has 1 unspecified atom stereocenters. The third-order valence-electron chi connectivity index (χ3n) is 8.06. The number of thiophene rings is 1. The zero-order chi connectivity index (χ0) is 30.3. The predicted octanol–water partition coefficient (Wildman–Crippen LogP) is 5.29. The van der Waals surface area contributed by atoms with Gasteiger partial charge in [0.25, 0.3) is 5.91 Å². The molecule has 0 saturated carbocycles. The van der Waals surface area contributed by atoms with Gasteiger partial charge in [-0.05, 0) is 62.4 Å². The Hall–Kier alpha value is -2.87. The van der Waals surface area contributed by atoms with Gasteiger partial charge < -0.3 is 10.1 Å². The lowest BCUT2D eigenvalue weighted by Gasteiger charge is -2.47. The number of alkyl halides is 3. The van der Waals surface area contributed by atoms with E-state index in [-0.39, 0.29) is 35.2 Å². The quantitative estimate of drug-likeness (QED) is 0.382. The molecular formula is C29H33F3N4O4S2. The summed E-state index contributed by atoms with van der Waals surface area (Å²) in [6.45, 7) is 7.16. The fourth-order valence-electron chi connectivity index (χ4n) is 5.65. The molecule has 1 N–H and O–H groups in total. The van der Waals surface area contributed by atoms with Crippen LogP contribution in [0.1, 0.15) is 76.7 Å². The summed E-state index contributed by atoms with van der Waals surface area (Å²) in [7, 11) is -3.28. The Balaban J connectivity index is 1.25. The van der Waals surface area contributed by atoms with Crippen molar-refractivity contribution < 1.29 is 31.1 Å². The summed E-state index contributed by atoms with van der Waals surface area (Å²) >= 11 is 1.44. The highest BCUT2D eigenvalue weighted by Crippen LogP contribution is 2.48. The number of nitrogens with one attached hydrogen (secondary N) is 1. The molecule has 1 fully saturated rings. The third kappa shape index (κ3) is 6.24. The van der Waals surface area contributed by atoms with E-state index in [0.29, 0.717) is 42.8 Å². The van der Waals surface area contributed by atoms with Crippen LogP contribution >= 0.6 is 11.3 Å². The van der Waals surface area contributed by atoms with E-state index in [1.807, 2.05) is 19.9 Å². The summed E-state index contributed by atoms with van der Waals surface area (Å²) in [5.74, 6) is -1.32. The molecule has 1 amide bonds. The lowest BCUT2D eigenvalue weighted by Crippen LogP contribution is -2.48. The SMILES string of the molecule is CCS(=O)(=O)c1ccc(CNC(=O)c2cc3c(s2)C2(CCN(C(C)c4cnc(C(F)(F)F)nc4)CC2)O[C@H](C)C3)cc1. The van der Waals surface area contributed by atoms with Crippen molar-refractivity contribution in [3.63, 3.8) is 0 Å². The highest BCUT2D eigenvalue weighted by Gasteiger charge is 2.45. The first-order valence-corrected chi connectivity index (χ1v) is 16.3. The Labute approximate surface area is 247 Å². The van der Waals surface area contributed by atoms with Crippen LogP contribution in [-0.2, 0) is 39.3 Å². The van der Waals surface area contributed by atoms with Crippen molar-refractivity contribution in [3.05, 3.63) is 75.0 Å². The van der Waals surface area contributed by atoms with Crippen LogP contribution in [0, 0.1) is 0 Å². The second-order valence-electron chi connectivity index (χ2n) is 10.9. The molecule has 1 spiro atoms. The summed E-state index contributed by atoms with van der Waals surface area (Å²) in [6.07, 6.45) is -0.0321. The fraction of sp³-hybridized carbons (Fsp3) is 0.483. The maximum Gasteiger partial charge on any atom is 0.451 e. The molecule has 13 heteroatoms. The van der Waals surface area contributed by atoms with Crippen molar-refractivity contribution in [2.45, 2.75) is 75.4 Å². The minimum atomic E-state index is -4.58. The van der Waals surface area contributed by atoms with Crippen LogP contribution in [0.2, 0.25) is 0 Å². The van der Waals surface area contributed by atoms with Gasteiger partial charge in [0, 0.05) is 48.5 Å². The Morgan fingerprint density at radius 1 is 1.19 bits per heavy atom. The zero-order valence-corrected chi connectivity index (χ0v) is 25.2. The number of hydrogen-bond donors (Lipinski definition) is 1. The number of carbonyl (C=O) groups is 1. The molecule has 226 valence electrons. The fourth-order valence-corrected chi connectivity index (χ4v) is 7.83. The van der Waals surface area contributed by atoms with Gasteiger partial charge in [0.2, 0.25) is 5.82 Å². The third-order valence-corrected chi connectivity index (χ3v) is 11.2. The van der Waals surface area contributed by atoms with E-state index in [0.717, 1.165) is 16.0 Å². The zero-order valence-electron chi connectivity index (χ0n) is 23.6. The number of likely N-dealkylation sites (tertiary alicyclic amines) is 1. The molecule has 0 bridgehead atoms. The Kier molecular flexibility index (Phi) is 8.49. The van der Waals surface area contributed by atoms with Crippen molar-refractivity contribution in [1.82, 2.24) is 20.2 Å². The van der Waals surface area contributed by atoms with Gasteiger partial charge in [-0.15, -0.1) is 11.3 Å². The first kappa shape index (κ1) is 30.6. The molecule has 8 nitrogen and oxygen atoms in total. The van der Waals surface area contributed by atoms with Gasteiger partial charge in [0.15, 0.2) is 9.84 Å². The number of benzene rings is 1. The van der Waals surface area contributed by atoms with E-state index in [9.17, 15) is 26.4 Å². The van der Waals surface area contributed by atoms with E-state index in [1.54, 1.807) is 31.2 Å². The van der Waals surface area contributed by atoms with E-state index in [4.69, 9.17) is 4.74 Å². The van der Waals surface area contributed by atoms with E-state index in [2.05, 4.69) is 20.2 Å². The molecule has 4 heterocycles. The van der Waals surface area contributed by atoms with Gasteiger partial charge in [-0.25, -0.2) is 18.4 Å². The van der Waals surface area contributed by atoms with Crippen LogP contribution in [0.5, 0.6) is 0 Å². The van der Waals surface area contributed by atoms with Gasteiger partial charge >= 0.3 is 6.18 Å². The van der Waals surface area contributed by atoms with Crippen LogP contribution in [0.3, 0.4) is 0 Å². The number of piperidine rings is 1. The highest BCUT2D eigenvalue weighted by atomic mass is 32.2. The molecule has 42 heavy (non-hydrogen) atoms. The van der Waals surface area contributed by atoms with Crippen LogP contribution in [-0.4, -0.2) is 54.1 Å². The Morgan fingerprint density at radius 2 is 1.83 bits per heavy atom. The van der Waals surface area contributed by atoms with Crippen molar-refractivity contribution in [1.29, 1.82) is 0 Å². The standard InChI is InChI=1S/C29H33F3N4O4S2/c1-4-42(38,39)23-7-5-20(6-8-23)15-33-26(37)24-14-21-13-18(2)40-28(25(21)41-24)9-11-36(12-10-28)19(3)22-16-34-27(35-17-22)29(30,31)32/h5-8,14,16-19H,4,9-13,15H2,1-3H3,(H,33,37)/t18-,19?/m1/s1. The number of ether oxygens (including phenoxy) is 1. The van der Waals surface area contributed by atoms with Crippen LogP contribution in [0.25, 0.3) is 0 Å². The molecular weight excluding hydrogens is 589 g/mol. The number of nitrogens with zero attached hydrogens (tertiary/aromatic N) is 3. The van der Waals surface area contributed by atoms with E-state index in [1.165, 1.54) is 23.7 Å². The molecule has 0 aliphatic carbocycles. The first-order chi connectivity index (χ1) is 19.8. The molecule has 3 aromatic rings. The first-order valence-electron chi connectivity index (χ1n) is 13.9. The van der Waals surface area contributed by atoms with E-state index < -0.39 is 27.4 Å². The summed E-state index contributed by atoms with van der Waals surface area (Å²) in [4.78, 5) is 24.3. The summed E-state index contributed by atoms with van der Waals surface area (Å²) in [5, 5.41) is 2.94. The van der Waals surface area contributed by atoms with Crippen LogP contribution < -0.4 is 5.32 Å². The van der Waals surface area contributed by atoms with Crippen LogP contribution in [0.15, 0.2) is 47.6 Å². The van der Waals surface area contributed by atoms with Crippen molar-refractivity contribution in [2.24, 2.45) is 0 Å². The maximum absolute atomic E-state index is 13.1. The van der Waals surface area contributed by atoms with Gasteiger partial charge in [0.1, 0.15) is 5.60 Å². The number of sulfone groups is 1. The maximum atomic E-state index is 13.1. The molecule has 2 aliphatic rings. The van der Waals surface area contributed by atoms with Crippen molar-refractivity contribution in [3.8, 4) is 0 Å². The van der Waals surface area contributed by atoms with Crippen molar-refractivity contribution in [2.75, 3.05) is 18.8 Å². The highest BCUT2D eigenvalue weighted by molar-refractivity contribution is 7.91. The van der Waals surface area contributed by atoms with Gasteiger partial charge in [-0.1, -0.05) is 19.1 Å². The molecule has 2 atom stereocenters. The second-order valence-corrected chi connectivity index (χ2v) is 14.2. The monoisotopic (exact) mass is 622 g/mol. The summed E-state index contributed by atoms with van der Waals surface area (Å²) in [5.41, 5.74) is 2.00. The van der Waals surface area contributed by atoms with Gasteiger partial charge in [-0.2, -0.15) is 13.2 Å². The van der Waals surface area contributed by atoms with E-state index >= 15 is 0 Å². The normalized spacial score (nSPS) is 19.8. The molecule has 2 aromatic heterocycles. The lowest BCUT2D eigenvalue weighted by molar-refractivity contribution is -0.145. The van der Waals surface area contributed by atoms with Gasteiger partial charge in [0.05, 0.1) is 21.6 Å². The molecule has 5 rings (SSSR count). The Morgan fingerprint density at radius 3 is 2.43 bits per heavy atom.